The van der Waals surface area contributed by atoms with Crippen LogP contribution >= 0.6 is 0 Å². The lowest BCUT2D eigenvalue weighted by Gasteiger charge is -2.08. The molecule has 3 heteroatoms. The Morgan fingerprint density at radius 1 is 1.05 bits per heavy atom. The molecule has 3 rings (SSSR count). The standard InChI is InChI=1S/C16H17N3/c1-11-6-8-13(9-7-11)10-19-15-12(2)4-3-5-14(15)18-16(19)17/h3-9H,10H2,1-2H3,(H2,17,18). The molecule has 0 bridgehead atoms. The number of aromatic nitrogens is 2. The Morgan fingerprint density at radius 2 is 1.79 bits per heavy atom. The summed E-state index contributed by atoms with van der Waals surface area (Å²) >= 11 is 0. The molecule has 0 aliphatic heterocycles. The van der Waals surface area contributed by atoms with Gasteiger partial charge in [-0.2, -0.15) is 0 Å². The van der Waals surface area contributed by atoms with Crippen LogP contribution in [-0.4, -0.2) is 9.55 Å². The van der Waals surface area contributed by atoms with E-state index in [0.29, 0.717) is 5.95 Å². The third kappa shape index (κ3) is 2.08. The van der Waals surface area contributed by atoms with Crippen molar-refractivity contribution in [2.24, 2.45) is 0 Å². The van der Waals surface area contributed by atoms with Crippen molar-refractivity contribution in [2.45, 2.75) is 20.4 Å². The Labute approximate surface area is 112 Å². The Morgan fingerprint density at radius 3 is 2.53 bits per heavy atom. The highest BCUT2D eigenvalue weighted by atomic mass is 15.1. The van der Waals surface area contributed by atoms with Gasteiger partial charge in [0, 0.05) is 0 Å². The molecule has 19 heavy (non-hydrogen) atoms. The molecule has 2 aromatic carbocycles. The van der Waals surface area contributed by atoms with Crippen LogP contribution in [0.5, 0.6) is 0 Å². The summed E-state index contributed by atoms with van der Waals surface area (Å²) in [5.41, 5.74) is 11.8. The Kier molecular flexibility index (Phi) is 2.75. The number of aryl methyl sites for hydroxylation is 2. The van der Waals surface area contributed by atoms with Crippen molar-refractivity contribution < 1.29 is 0 Å². The van der Waals surface area contributed by atoms with Gasteiger partial charge in [-0.15, -0.1) is 0 Å². The predicted octanol–water partition coefficient (Wildman–Crippen LogP) is 3.28. The summed E-state index contributed by atoms with van der Waals surface area (Å²) < 4.78 is 2.08. The van der Waals surface area contributed by atoms with Gasteiger partial charge in [-0.05, 0) is 31.0 Å². The van der Waals surface area contributed by atoms with E-state index < -0.39 is 0 Å². The second-order valence-electron chi connectivity index (χ2n) is 4.98. The van der Waals surface area contributed by atoms with E-state index in [-0.39, 0.29) is 0 Å². The van der Waals surface area contributed by atoms with Crippen LogP contribution in [0.4, 0.5) is 5.95 Å². The fourth-order valence-corrected chi connectivity index (χ4v) is 2.42. The number of nitrogens with zero attached hydrogens (tertiary/aromatic N) is 2. The molecule has 0 unspecified atom stereocenters. The van der Waals surface area contributed by atoms with E-state index in [4.69, 9.17) is 5.73 Å². The number of hydrogen-bond donors (Lipinski definition) is 1. The fourth-order valence-electron chi connectivity index (χ4n) is 2.42. The van der Waals surface area contributed by atoms with Crippen LogP contribution in [0, 0.1) is 13.8 Å². The molecule has 0 radical (unpaired) electrons. The zero-order valence-electron chi connectivity index (χ0n) is 11.2. The molecule has 0 aliphatic rings. The average Bonchev–Trinajstić information content (AvgIpc) is 2.70. The lowest BCUT2D eigenvalue weighted by Crippen LogP contribution is -2.05. The van der Waals surface area contributed by atoms with E-state index in [1.54, 1.807) is 0 Å². The van der Waals surface area contributed by atoms with Gasteiger partial charge in [-0.3, -0.25) is 0 Å². The van der Waals surface area contributed by atoms with Crippen LogP contribution in [0.25, 0.3) is 11.0 Å². The number of hydrogen-bond acceptors (Lipinski definition) is 2. The van der Waals surface area contributed by atoms with Crippen molar-refractivity contribution in [1.82, 2.24) is 9.55 Å². The van der Waals surface area contributed by atoms with E-state index >= 15 is 0 Å². The van der Waals surface area contributed by atoms with E-state index in [2.05, 4.69) is 53.7 Å². The van der Waals surface area contributed by atoms with Crippen molar-refractivity contribution in [1.29, 1.82) is 0 Å². The van der Waals surface area contributed by atoms with Crippen LogP contribution in [-0.2, 0) is 6.54 Å². The van der Waals surface area contributed by atoms with Crippen molar-refractivity contribution in [3.63, 3.8) is 0 Å². The van der Waals surface area contributed by atoms with Crippen LogP contribution in [0.2, 0.25) is 0 Å². The van der Waals surface area contributed by atoms with E-state index in [1.165, 1.54) is 16.7 Å². The Balaban J connectivity index is 2.09. The number of fused-ring (bicyclic) bond motifs is 1. The van der Waals surface area contributed by atoms with Crippen LogP contribution in [0.3, 0.4) is 0 Å². The van der Waals surface area contributed by atoms with Crippen LogP contribution < -0.4 is 5.73 Å². The van der Waals surface area contributed by atoms with Gasteiger partial charge in [0.15, 0.2) is 0 Å². The first-order valence-electron chi connectivity index (χ1n) is 6.42. The maximum Gasteiger partial charge on any atom is 0.201 e. The molecule has 0 fully saturated rings. The molecule has 3 aromatic rings. The first-order valence-corrected chi connectivity index (χ1v) is 6.42. The van der Waals surface area contributed by atoms with Gasteiger partial charge in [0.25, 0.3) is 0 Å². The third-order valence-electron chi connectivity index (χ3n) is 3.46. The molecule has 0 saturated heterocycles. The van der Waals surface area contributed by atoms with Gasteiger partial charge in [-0.1, -0.05) is 42.0 Å². The maximum atomic E-state index is 6.05. The zero-order chi connectivity index (χ0) is 13.4. The van der Waals surface area contributed by atoms with Crippen LogP contribution in [0.15, 0.2) is 42.5 Å². The molecule has 96 valence electrons. The number of imidazole rings is 1. The van der Waals surface area contributed by atoms with Crippen molar-refractivity contribution in [3.05, 3.63) is 59.2 Å². The minimum atomic E-state index is 0.574. The molecule has 0 spiro atoms. The summed E-state index contributed by atoms with van der Waals surface area (Å²) in [6, 6.07) is 14.6. The second-order valence-corrected chi connectivity index (χ2v) is 4.98. The summed E-state index contributed by atoms with van der Waals surface area (Å²) in [5, 5.41) is 0. The lowest BCUT2D eigenvalue weighted by atomic mass is 10.1. The molecule has 2 N–H and O–H groups in total. The molecular weight excluding hydrogens is 234 g/mol. The third-order valence-corrected chi connectivity index (χ3v) is 3.46. The maximum absolute atomic E-state index is 6.05. The Hall–Kier alpha value is -2.29. The van der Waals surface area contributed by atoms with E-state index in [0.717, 1.165) is 17.6 Å². The van der Waals surface area contributed by atoms with Gasteiger partial charge < -0.3 is 10.3 Å². The van der Waals surface area contributed by atoms with Gasteiger partial charge in [0.1, 0.15) is 0 Å². The summed E-state index contributed by atoms with van der Waals surface area (Å²) in [6.45, 7) is 4.94. The smallest absolute Gasteiger partial charge is 0.201 e. The monoisotopic (exact) mass is 251 g/mol. The van der Waals surface area contributed by atoms with E-state index in [9.17, 15) is 0 Å². The highest BCUT2D eigenvalue weighted by molar-refractivity contribution is 5.81. The lowest BCUT2D eigenvalue weighted by molar-refractivity contribution is 0.836. The number of nitrogen functional groups attached to an aromatic ring is 1. The fraction of sp³-hybridized carbons (Fsp3) is 0.188. The number of anilines is 1. The molecule has 1 heterocycles. The van der Waals surface area contributed by atoms with Crippen LogP contribution in [0.1, 0.15) is 16.7 Å². The summed E-state index contributed by atoms with van der Waals surface area (Å²) in [5.74, 6) is 0.574. The SMILES string of the molecule is Cc1ccc(Cn2c(N)nc3cccc(C)c32)cc1. The highest BCUT2D eigenvalue weighted by Gasteiger charge is 2.10. The molecule has 0 atom stereocenters. The number of benzene rings is 2. The summed E-state index contributed by atoms with van der Waals surface area (Å²) in [6.07, 6.45) is 0. The van der Waals surface area contributed by atoms with Gasteiger partial charge in [-0.25, -0.2) is 4.98 Å². The quantitative estimate of drug-likeness (QED) is 0.759. The van der Waals surface area contributed by atoms with Crippen molar-refractivity contribution in [2.75, 3.05) is 5.73 Å². The average molecular weight is 251 g/mol. The molecule has 0 amide bonds. The first-order chi connectivity index (χ1) is 9.15. The molecule has 0 aliphatic carbocycles. The summed E-state index contributed by atoms with van der Waals surface area (Å²) in [7, 11) is 0. The molecular formula is C16H17N3. The summed E-state index contributed by atoms with van der Waals surface area (Å²) in [4.78, 5) is 4.43. The van der Waals surface area contributed by atoms with Gasteiger partial charge in [0.05, 0.1) is 17.6 Å². The number of rotatable bonds is 2. The van der Waals surface area contributed by atoms with Gasteiger partial charge >= 0.3 is 0 Å². The Bertz CT molecular complexity index is 724. The number of para-hydroxylation sites is 1. The molecule has 0 saturated carbocycles. The van der Waals surface area contributed by atoms with Crippen molar-refractivity contribution >= 4 is 17.0 Å². The molecule has 3 nitrogen and oxygen atoms in total. The number of nitrogens with two attached hydrogens (primary N) is 1. The molecule has 1 aromatic heterocycles. The second kappa shape index (κ2) is 4.43. The van der Waals surface area contributed by atoms with Gasteiger partial charge in [0.2, 0.25) is 5.95 Å². The largest absolute Gasteiger partial charge is 0.369 e. The minimum absolute atomic E-state index is 0.574. The normalized spacial score (nSPS) is 11.1. The van der Waals surface area contributed by atoms with Crippen molar-refractivity contribution in [3.8, 4) is 0 Å². The first kappa shape index (κ1) is 11.8. The van der Waals surface area contributed by atoms with E-state index in [1.807, 2.05) is 12.1 Å². The zero-order valence-corrected chi connectivity index (χ0v) is 11.2. The highest BCUT2D eigenvalue weighted by Crippen LogP contribution is 2.22. The topological polar surface area (TPSA) is 43.8 Å². The minimum Gasteiger partial charge on any atom is -0.369 e. The predicted molar refractivity (Wildman–Crippen MR) is 79.2 cm³/mol.